The predicted molar refractivity (Wildman–Crippen MR) is 89.5 cm³/mol. The van der Waals surface area contributed by atoms with E-state index in [0.717, 1.165) is 25.2 Å². The summed E-state index contributed by atoms with van der Waals surface area (Å²) in [6, 6.07) is 10.4. The molecule has 4 heteroatoms. The van der Waals surface area contributed by atoms with Crippen molar-refractivity contribution >= 4 is 0 Å². The Morgan fingerprint density at radius 2 is 2.22 bits per heavy atom. The smallest absolute Gasteiger partial charge is 0.132 e. The average Bonchev–Trinajstić information content (AvgIpc) is 2.98. The van der Waals surface area contributed by atoms with Gasteiger partial charge in [0.1, 0.15) is 17.6 Å². The van der Waals surface area contributed by atoms with Gasteiger partial charge >= 0.3 is 0 Å². The quantitative estimate of drug-likeness (QED) is 0.878. The van der Waals surface area contributed by atoms with E-state index < -0.39 is 6.10 Å². The maximum atomic E-state index is 10.2. The van der Waals surface area contributed by atoms with Crippen LogP contribution in [0.1, 0.15) is 55.2 Å². The minimum Gasteiger partial charge on any atom is -0.493 e. The summed E-state index contributed by atoms with van der Waals surface area (Å²) in [5, 5.41) is 13.9. The highest BCUT2D eigenvalue weighted by atomic mass is 16.5. The number of hydrogen-bond donors (Lipinski definition) is 2. The van der Waals surface area contributed by atoms with Gasteiger partial charge in [-0.2, -0.15) is 0 Å². The van der Waals surface area contributed by atoms with Gasteiger partial charge in [0.05, 0.1) is 12.9 Å². The standard InChI is InChI=1S/C19H25NO3/c1-13-7-8-15-16(5-3-9-23-19(15)11-13)20-14(2)12-17(21)18-6-4-10-22-18/h4,6-8,10-11,14,16-17,20-21H,3,5,9,12H2,1-2H3. The van der Waals surface area contributed by atoms with Crippen LogP contribution < -0.4 is 10.1 Å². The zero-order valence-corrected chi connectivity index (χ0v) is 13.8. The van der Waals surface area contributed by atoms with Gasteiger partial charge in [0, 0.05) is 17.6 Å². The van der Waals surface area contributed by atoms with Crippen molar-refractivity contribution in [1.29, 1.82) is 0 Å². The summed E-state index contributed by atoms with van der Waals surface area (Å²) in [5.74, 6) is 1.61. The van der Waals surface area contributed by atoms with Crippen LogP contribution in [-0.2, 0) is 0 Å². The molecule has 0 spiro atoms. The molecule has 1 aromatic heterocycles. The Balaban J connectivity index is 1.67. The van der Waals surface area contributed by atoms with Crippen molar-refractivity contribution in [3.05, 3.63) is 53.5 Å². The second-order valence-electron chi connectivity index (χ2n) is 6.42. The molecule has 3 unspecified atom stereocenters. The van der Waals surface area contributed by atoms with Crippen molar-refractivity contribution in [2.24, 2.45) is 0 Å². The summed E-state index contributed by atoms with van der Waals surface area (Å²) < 4.78 is 11.2. The van der Waals surface area contributed by atoms with Gasteiger partial charge in [0.2, 0.25) is 0 Å². The van der Waals surface area contributed by atoms with Gasteiger partial charge in [-0.1, -0.05) is 12.1 Å². The molecular formula is C19H25NO3. The number of benzene rings is 1. The molecule has 1 aliphatic rings. The van der Waals surface area contributed by atoms with E-state index >= 15 is 0 Å². The van der Waals surface area contributed by atoms with Gasteiger partial charge in [0.25, 0.3) is 0 Å². The van der Waals surface area contributed by atoms with E-state index in [1.165, 1.54) is 11.1 Å². The van der Waals surface area contributed by atoms with E-state index in [-0.39, 0.29) is 12.1 Å². The Morgan fingerprint density at radius 1 is 1.35 bits per heavy atom. The van der Waals surface area contributed by atoms with Gasteiger partial charge in [-0.3, -0.25) is 0 Å². The van der Waals surface area contributed by atoms with Crippen molar-refractivity contribution < 1.29 is 14.3 Å². The maximum Gasteiger partial charge on any atom is 0.132 e. The molecule has 1 aromatic carbocycles. The largest absolute Gasteiger partial charge is 0.493 e. The van der Waals surface area contributed by atoms with Gasteiger partial charge < -0.3 is 19.6 Å². The summed E-state index contributed by atoms with van der Waals surface area (Å²) in [6.45, 7) is 4.95. The highest BCUT2D eigenvalue weighted by Gasteiger charge is 2.23. The zero-order chi connectivity index (χ0) is 16.2. The molecule has 23 heavy (non-hydrogen) atoms. The topological polar surface area (TPSA) is 54.6 Å². The monoisotopic (exact) mass is 315 g/mol. The number of rotatable bonds is 5. The number of aliphatic hydroxyl groups is 1. The van der Waals surface area contributed by atoms with Crippen LogP contribution >= 0.6 is 0 Å². The highest BCUT2D eigenvalue weighted by molar-refractivity contribution is 5.40. The first kappa shape index (κ1) is 16.1. The number of aryl methyl sites for hydroxylation is 1. The minimum absolute atomic E-state index is 0.173. The highest BCUT2D eigenvalue weighted by Crippen LogP contribution is 2.33. The number of hydrogen-bond acceptors (Lipinski definition) is 4. The molecule has 124 valence electrons. The fraction of sp³-hybridized carbons (Fsp3) is 0.474. The first-order valence-electron chi connectivity index (χ1n) is 8.34. The molecule has 1 aliphatic heterocycles. The number of ether oxygens (including phenoxy) is 1. The number of furan rings is 1. The summed E-state index contributed by atoms with van der Waals surface area (Å²) in [6.07, 6.45) is 3.70. The third-order valence-corrected chi connectivity index (χ3v) is 4.37. The van der Waals surface area contributed by atoms with Crippen molar-refractivity contribution in [3.63, 3.8) is 0 Å². The second kappa shape index (κ2) is 7.20. The first-order chi connectivity index (χ1) is 11.1. The van der Waals surface area contributed by atoms with E-state index in [1.54, 1.807) is 12.3 Å². The Hall–Kier alpha value is -1.78. The molecule has 3 rings (SSSR count). The minimum atomic E-state index is -0.577. The molecule has 3 atom stereocenters. The molecule has 0 aliphatic carbocycles. The van der Waals surface area contributed by atoms with Crippen LogP contribution in [0.5, 0.6) is 5.75 Å². The molecule has 2 N–H and O–H groups in total. The van der Waals surface area contributed by atoms with Crippen LogP contribution in [0.4, 0.5) is 0 Å². The van der Waals surface area contributed by atoms with E-state index in [4.69, 9.17) is 9.15 Å². The molecule has 2 heterocycles. The molecule has 0 saturated heterocycles. The Kier molecular flexibility index (Phi) is 5.03. The zero-order valence-electron chi connectivity index (χ0n) is 13.8. The van der Waals surface area contributed by atoms with Crippen LogP contribution in [0.3, 0.4) is 0 Å². The third kappa shape index (κ3) is 3.95. The molecule has 2 aromatic rings. The summed E-state index contributed by atoms with van der Waals surface area (Å²) in [5.41, 5.74) is 2.43. The Morgan fingerprint density at radius 3 is 3.00 bits per heavy atom. The van der Waals surface area contributed by atoms with Gasteiger partial charge in [0.15, 0.2) is 0 Å². The number of nitrogens with one attached hydrogen (secondary N) is 1. The first-order valence-corrected chi connectivity index (χ1v) is 8.34. The summed E-state index contributed by atoms with van der Waals surface area (Å²) in [7, 11) is 0. The molecule has 0 amide bonds. The Bertz CT molecular complexity index is 624. The SMILES string of the molecule is Cc1ccc2c(c1)OCCCC2NC(C)CC(O)c1ccco1. The van der Waals surface area contributed by atoms with E-state index in [9.17, 15) is 5.11 Å². The van der Waals surface area contributed by atoms with Crippen LogP contribution in [0, 0.1) is 6.92 Å². The molecule has 4 nitrogen and oxygen atoms in total. The van der Waals surface area contributed by atoms with Crippen molar-refractivity contribution in [2.75, 3.05) is 6.61 Å². The van der Waals surface area contributed by atoms with Crippen LogP contribution in [0.25, 0.3) is 0 Å². The maximum absolute atomic E-state index is 10.2. The lowest BCUT2D eigenvalue weighted by molar-refractivity contribution is 0.126. The predicted octanol–water partition coefficient (Wildman–Crippen LogP) is 3.90. The summed E-state index contributed by atoms with van der Waals surface area (Å²) in [4.78, 5) is 0. The normalized spacial score (nSPS) is 20.2. The lowest BCUT2D eigenvalue weighted by Gasteiger charge is -2.24. The third-order valence-electron chi connectivity index (χ3n) is 4.37. The second-order valence-corrected chi connectivity index (χ2v) is 6.42. The van der Waals surface area contributed by atoms with Gasteiger partial charge in [-0.05, 0) is 56.9 Å². The van der Waals surface area contributed by atoms with Gasteiger partial charge in [-0.15, -0.1) is 0 Å². The van der Waals surface area contributed by atoms with Crippen LogP contribution in [0.15, 0.2) is 41.0 Å². The lowest BCUT2D eigenvalue weighted by atomic mass is 9.98. The Labute approximate surface area is 137 Å². The van der Waals surface area contributed by atoms with Gasteiger partial charge in [-0.25, -0.2) is 0 Å². The number of aliphatic hydroxyl groups excluding tert-OH is 1. The average molecular weight is 315 g/mol. The van der Waals surface area contributed by atoms with E-state index in [0.29, 0.717) is 12.2 Å². The van der Waals surface area contributed by atoms with Crippen molar-refractivity contribution in [3.8, 4) is 5.75 Å². The molecule has 0 fully saturated rings. The lowest BCUT2D eigenvalue weighted by Crippen LogP contribution is -2.31. The molecular weight excluding hydrogens is 290 g/mol. The van der Waals surface area contributed by atoms with Crippen molar-refractivity contribution in [2.45, 2.75) is 51.3 Å². The van der Waals surface area contributed by atoms with Crippen LogP contribution in [0.2, 0.25) is 0 Å². The molecule has 0 radical (unpaired) electrons. The van der Waals surface area contributed by atoms with Crippen LogP contribution in [-0.4, -0.2) is 17.8 Å². The molecule has 0 bridgehead atoms. The fourth-order valence-electron chi connectivity index (χ4n) is 3.20. The number of fused-ring (bicyclic) bond motifs is 1. The van der Waals surface area contributed by atoms with E-state index in [1.807, 2.05) is 6.07 Å². The summed E-state index contributed by atoms with van der Waals surface area (Å²) >= 11 is 0. The fourth-order valence-corrected chi connectivity index (χ4v) is 3.20. The molecule has 0 saturated carbocycles. The van der Waals surface area contributed by atoms with Crippen molar-refractivity contribution in [1.82, 2.24) is 5.32 Å². The van der Waals surface area contributed by atoms with E-state index in [2.05, 4.69) is 37.4 Å².